The van der Waals surface area contributed by atoms with Gasteiger partial charge in [0.05, 0.1) is 9.40 Å². The molecular formula is C13H9BrCl2N2O2. The van der Waals surface area contributed by atoms with E-state index in [1.54, 1.807) is 30.3 Å². The summed E-state index contributed by atoms with van der Waals surface area (Å²) in [5, 5.41) is 15.0. The Morgan fingerprint density at radius 2 is 1.80 bits per heavy atom. The van der Waals surface area contributed by atoms with Gasteiger partial charge in [-0.1, -0.05) is 23.2 Å². The number of benzene rings is 2. The van der Waals surface area contributed by atoms with Crippen molar-refractivity contribution in [2.45, 2.75) is 6.54 Å². The Kier molecular flexibility index (Phi) is 4.86. The maximum Gasteiger partial charge on any atom is 0.285 e. The smallest absolute Gasteiger partial charge is 0.285 e. The lowest BCUT2D eigenvalue weighted by molar-refractivity contribution is -0.385. The van der Waals surface area contributed by atoms with Crippen molar-refractivity contribution in [3.63, 3.8) is 0 Å². The Morgan fingerprint density at radius 1 is 1.15 bits per heavy atom. The summed E-state index contributed by atoms with van der Waals surface area (Å²) in [5.41, 5.74) is 1.56. The first-order valence-electron chi connectivity index (χ1n) is 5.58. The Bertz CT molecular complexity index is 645. The standard InChI is InChI=1S/C13H9BrCl2N2O2/c14-12-2-1-11(6-13(12)18(19)20)17-7-8-3-9(15)5-10(16)4-8/h1-6,17H,7H2. The summed E-state index contributed by atoms with van der Waals surface area (Å²) in [4.78, 5) is 10.4. The molecule has 0 aliphatic carbocycles. The fraction of sp³-hybridized carbons (Fsp3) is 0.0769. The molecular weight excluding hydrogens is 367 g/mol. The van der Waals surface area contributed by atoms with Crippen molar-refractivity contribution in [3.8, 4) is 0 Å². The first-order chi connectivity index (χ1) is 9.45. The Morgan fingerprint density at radius 3 is 2.40 bits per heavy atom. The van der Waals surface area contributed by atoms with Crippen molar-refractivity contribution >= 4 is 50.5 Å². The summed E-state index contributed by atoms with van der Waals surface area (Å²) in [6.07, 6.45) is 0. The highest BCUT2D eigenvalue weighted by molar-refractivity contribution is 9.10. The van der Waals surface area contributed by atoms with E-state index in [4.69, 9.17) is 23.2 Å². The van der Waals surface area contributed by atoms with E-state index in [0.29, 0.717) is 26.8 Å². The highest BCUT2D eigenvalue weighted by atomic mass is 79.9. The number of rotatable bonds is 4. The molecule has 0 aliphatic heterocycles. The monoisotopic (exact) mass is 374 g/mol. The molecule has 0 aromatic heterocycles. The first-order valence-corrected chi connectivity index (χ1v) is 7.13. The van der Waals surface area contributed by atoms with Crippen LogP contribution < -0.4 is 5.32 Å². The van der Waals surface area contributed by atoms with Gasteiger partial charge in [0.1, 0.15) is 0 Å². The number of hydrogen-bond acceptors (Lipinski definition) is 3. The summed E-state index contributed by atoms with van der Waals surface area (Å²) >= 11 is 15.0. The summed E-state index contributed by atoms with van der Waals surface area (Å²) < 4.78 is 0.443. The number of anilines is 1. The fourth-order valence-electron chi connectivity index (χ4n) is 1.68. The normalized spacial score (nSPS) is 10.3. The van der Waals surface area contributed by atoms with E-state index in [0.717, 1.165) is 5.56 Å². The van der Waals surface area contributed by atoms with Gasteiger partial charge in [0.25, 0.3) is 5.69 Å². The van der Waals surface area contributed by atoms with Gasteiger partial charge in [0.2, 0.25) is 0 Å². The molecule has 0 radical (unpaired) electrons. The number of nitro benzene ring substituents is 1. The molecule has 7 heteroatoms. The van der Waals surface area contributed by atoms with Crippen LogP contribution in [0.25, 0.3) is 0 Å². The second-order valence-corrected chi connectivity index (χ2v) is 5.78. The number of halogens is 3. The summed E-state index contributed by atoms with van der Waals surface area (Å²) in [6.45, 7) is 0.471. The summed E-state index contributed by atoms with van der Waals surface area (Å²) in [5.74, 6) is 0. The lowest BCUT2D eigenvalue weighted by atomic mass is 10.2. The van der Waals surface area contributed by atoms with Gasteiger partial charge < -0.3 is 5.32 Å². The SMILES string of the molecule is O=[N+]([O-])c1cc(NCc2cc(Cl)cc(Cl)c2)ccc1Br. The average Bonchev–Trinajstić information content (AvgIpc) is 2.36. The zero-order valence-electron chi connectivity index (χ0n) is 10.1. The molecule has 4 nitrogen and oxygen atoms in total. The van der Waals surface area contributed by atoms with Gasteiger partial charge in [0.15, 0.2) is 0 Å². The number of nitro groups is 1. The van der Waals surface area contributed by atoms with Crippen molar-refractivity contribution in [3.05, 3.63) is 66.6 Å². The van der Waals surface area contributed by atoms with Gasteiger partial charge in [-0.15, -0.1) is 0 Å². The Balaban J connectivity index is 2.14. The van der Waals surface area contributed by atoms with E-state index in [2.05, 4.69) is 21.2 Å². The zero-order chi connectivity index (χ0) is 14.7. The van der Waals surface area contributed by atoms with Gasteiger partial charge in [-0.2, -0.15) is 0 Å². The van der Waals surface area contributed by atoms with E-state index in [1.165, 1.54) is 6.07 Å². The van der Waals surface area contributed by atoms with Crippen molar-refractivity contribution in [2.75, 3.05) is 5.32 Å². The predicted octanol–water partition coefficient (Wildman–Crippen LogP) is 5.28. The van der Waals surface area contributed by atoms with Crippen LogP contribution in [0.2, 0.25) is 10.0 Å². The third kappa shape index (κ3) is 3.85. The molecule has 2 aromatic carbocycles. The minimum Gasteiger partial charge on any atom is -0.381 e. The molecule has 2 rings (SSSR count). The quantitative estimate of drug-likeness (QED) is 0.584. The molecule has 0 heterocycles. The highest BCUT2D eigenvalue weighted by Gasteiger charge is 2.12. The molecule has 104 valence electrons. The molecule has 0 aliphatic rings. The molecule has 0 spiro atoms. The van der Waals surface area contributed by atoms with Crippen LogP contribution in [0, 0.1) is 10.1 Å². The third-order valence-corrected chi connectivity index (χ3v) is 3.67. The summed E-state index contributed by atoms with van der Waals surface area (Å²) in [7, 11) is 0. The molecule has 0 atom stereocenters. The highest BCUT2D eigenvalue weighted by Crippen LogP contribution is 2.28. The average molecular weight is 376 g/mol. The first kappa shape index (κ1) is 15.1. The Labute approximate surface area is 134 Å². The topological polar surface area (TPSA) is 55.2 Å². The van der Waals surface area contributed by atoms with Crippen LogP contribution >= 0.6 is 39.1 Å². The number of hydrogen-bond donors (Lipinski definition) is 1. The maximum absolute atomic E-state index is 10.9. The lowest BCUT2D eigenvalue weighted by Crippen LogP contribution is -2.00. The van der Waals surface area contributed by atoms with Crippen LogP contribution in [0.4, 0.5) is 11.4 Å². The van der Waals surface area contributed by atoms with Crippen molar-refractivity contribution in [2.24, 2.45) is 0 Å². The minimum absolute atomic E-state index is 0.0131. The van der Waals surface area contributed by atoms with E-state index in [1.807, 2.05) is 0 Å². The molecule has 20 heavy (non-hydrogen) atoms. The van der Waals surface area contributed by atoms with Crippen molar-refractivity contribution in [1.29, 1.82) is 0 Å². The van der Waals surface area contributed by atoms with Crippen LogP contribution in [0.3, 0.4) is 0 Å². The van der Waals surface area contributed by atoms with Crippen LogP contribution in [-0.2, 0) is 6.54 Å². The molecule has 0 bridgehead atoms. The molecule has 0 saturated carbocycles. The molecule has 0 fully saturated rings. The second-order valence-electron chi connectivity index (χ2n) is 4.05. The van der Waals surface area contributed by atoms with E-state index < -0.39 is 4.92 Å². The van der Waals surface area contributed by atoms with Crippen molar-refractivity contribution < 1.29 is 4.92 Å². The van der Waals surface area contributed by atoms with Gasteiger partial charge in [0, 0.05) is 28.3 Å². The maximum atomic E-state index is 10.9. The molecule has 0 saturated heterocycles. The summed E-state index contributed by atoms with van der Waals surface area (Å²) in [6, 6.07) is 10.1. The minimum atomic E-state index is -0.439. The van der Waals surface area contributed by atoms with Crippen LogP contribution in [0.1, 0.15) is 5.56 Å². The van der Waals surface area contributed by atoms with Gasteiger partial charge >= 0.3 is 0 Å². The van der Waals surface area contributed by atoms with Gasteiger partial charge in [-0.25, -0.2) is 0 Å². The van der Waals surface area contributed by atoms with Crippen LogP contribution in [0.5, 0.6) is 0 Å². The third-order valence-electron chi connectivity index (χ3n) is 2.56. The molecule has 0 unspecified atom stereocenters. The largest absolute Gasteiger partial charge is 0.381 e. The Hall–Kier alpha value is -1.30. The van der Waals surface area contributed by atoms with E-state index >= 15 is 0 Å². The van der Waals surface area contributed by atoms with Gasteiger partial charge in [-0.05, 0) is 51.8 Å². The zero-order valence-corrected chi connectivity index (χ0v) is 13.2. The predicted molar refractivity (Wildman–Crippen MR) is 84.6 cm³/mol. The number of nitrogens with zero attached hydrogens (tertiary/aromatic N) is 1. The van der Waals surface area contributed by atoms with Gasteiger partial charge in [-0.3, -0.25) is 10.1 Å². The van der Waals surface area contributed by atoms with E-state index in [-0.39, 0.29) is 5.69 Å². The molecule has 0 amide bonds. The number of nitrogens with one attached hydrogen (secondary N) is 1. The molecule has 2 aromatic rings. The fourth-order valence-corrected chi connectivity index (χ4v) is 2.64. The lowest BCUT2D eigenvalue weighted by Gasteiger charge is -2.08. The second kappa shape index (κ2) is 6.43. The van der Waals surface area contributed by atoms with Crippen LogP contribution in [0.15, 0.2) is 40.9 Å². The van der Waals surface area contributed by atoms with Crippen molar-refractivity contribution in [1.82, 2.24) is 0 Å². The van der Waals surface area contributed by atoms with E-state index in [9.17, 15) is 10.1 Å². The van der Waals surface area contributed by atoms with Crippen LogP contribution in [-0.4, -0.2) is 4.92 Å². The molecule has 1 N–H and O–H groups in total.